The molecule has 2 aromatic rings. The zero-order chi connectivity index (χ0) is 18.5. The van der Waals surface area contributed by atoms with E-state index in [0.717, 1.165) is 29.8 Å². The van der Waals surface area contributed by atoms with Crippen LogP contribution in [0.2, 0.25) is 0 Å². The van der Waals surface area contributed by atoms with Crippen LogP contribution in [-0.2, 0) is 9.59 Å². The number of carbonyl (C=O) groups is 2. The quantitative estimate of drug-likeness (QED) is 0.799. The van der Waals surface area contributed by atoms with Crippen LogP contribution in [0.4, 0.5) is 11.4 Å². The van der Waals surface area contributed by atoms with Crippen LogP contribution in [0, 0.1) is 12.8 Å². The number of benzene rings is 2. The molecule has 1 fully saturated rings. The largest absolute Gasteiger partial charge is 0.497 e. The molecule has 26 heavy (non-hydrogen) atoms. The fourth-order valence-electron chi connectivity index (χ4n) is 2.43. The molecule has 0 saturated heterocycles. The summed E-state index contributed by atoms with van der Waals surface area (Å²) in [4.78, 5) is 24.0. The number of hydrogen-bond donors (Lipinski definition) is 2. The third-order valence-electron chi connectivity index (χ3n) is 4.16. The fraction of sp³-hybridized carbons (Fsp3) is 0.300. The van der Waals surface area contributed by atoms with Crippen molar-refractivity contribution >= 4 is 23.2 Å². The zero-order valence-corrected chi connectivity index (χ0v) is 14.9. The van der Waals surface area contributed by atoms with E-state index in [1.807, 2.05) is 13.0 Å². The molecule has 2 aromatic carbocycles. The number of rotatable bonds is 7. The summed E-state index contributed by atoms with van der Waals surface area (Å²) in [6.07, 6.45) is 1.90. The van der Waals surface area contributed by atoms with Crippen LogP contribution in [0.3, 0.4) is 0 Å². The topological polar surface area (TPSA) is 76.7 Å². The fourth-order valence-corrected chi connectivity index (χ4v) is 2.43. The maximum Gasteiger partial charge on any atom is 0.262 e. The second-order valence-corrected chi connectivity index (χ2v) is 6.31. The number of methoxy groups -OCH3 is 1. The Labute approximate surface area is 152 Å². The first kappa shape index (κ1) is 17.8. The van der Waals surface area contributed by atoms with Gasteiger partial charge in [0.05, 0.1) is 7.11 Å². The lowest BCUT2D eigenvalue weighted by molar-refractivity contribution is -0.118. The molecule has 0 atom stereocenters. The smallest absolute Gasteiger partial charge is 0.262 e. The summed E-state index contributed by atoms with van der Waals surface area (Å²) >= 11 is 0. The van der Waals surface area contributed by atoms with Crippen molar-refractivity contribution < 1.29 is 19.1 Å². The van der Waals surface area contributed by atoms with E-state index in [2.05, 4.69) is 10.6 Å². The third kappa shape index (κ3) is 4.75. The van der Waals surface area contributed by atoms with E-state index < -0.39 is 0 Å². The molecule has 0 radical (unpaired) electrons. The molecule has 6 nitrogen and oxygen atoms in total. The van der Waals surface area contributed by atoms with Gasteiger partial charge in [-0.3, -0.25) is 9.59 Å². The lowest BCUT2D eigenvalue weighted by Crippen LogP contribution is -2.20. The molecule has 1 aliphatic rings. The first-order valence-electron chi connectivity index (χ1n) is 8.53. The summed E-state index contributed by atoms with van der Waals surface area (Å²) < 4.78 is 10.5. The number of amides is 2. The monoisotopic (exact) mass is 354 g/mol. The summed E-state index contributed by atoms with van der Waals surface area (Å²) in [6, 6.07) is 12.4. The van der Waals surface area contributed by atoms with E-state index in [-0.39, 0.29) is 24.3 Å². The van der Waals surface area contributed by atoms with Crippen molar-refractivity contribution in [3.8, 4) is 11.5 Å². The minimum absolute atomic E-state index is 0.0411. The van der Waals surface area contributed by atoms with E-state index in [0.29, 0.717) is 11.4 Å². The highest BCUT2D eigenvalue weighted by Crippen LogP contribution is 2.31. The molecule has 3 rings (SSSR count). The number of nitrogens with one attached hydrogen (secondary N) is 2. The predicted octanol–water partition coefficient (Wildman–Crippen LogP) is 3.37. The Morgan fingerprint density at radius 2 is 1.73 bits per heavy atom. The Kier molecular flexibility index (Phi) is 5.41. The summed E-state index contributed by atoms with van der Waals surface area (Å²) in [6.45, 7) is 1.81. The average Bonchev–Trinajstić information content (AvgIpc) is 3.48. The van der Waals surface area contributed by atoms with Crippen LogP contribution in [0.15, 0.2) is 42.5 Å². The van der Waals surface area contributed by atoms with Gasteiger partial charge >= 0.3 is 0 Å². The Morgan fingerprint density at radius 3 is 2.38 bits per heavy atom. The van der Waals surface area contributed by atoms with Gasteiger partial charge < -0.3 is 20.1 Å². The highest BCUT2D eigenvalue weighted by Gasteiger charge is 2.29. The van der Waals surface area contributed by atoms with E-state index in [1.165, 1.54) is 0 Å². The zero-order valence-electron chi connectivity index (χ0n) is 14.9. The Bertz CT molecular complexity index is 798. The van der Waals surface area contributed by atoms with Crippen LogP contribution in [0.25, 0.3) is 0 Å². The van der Waals surface area contributed by atoms with Crippen LogP contribution >= 0.6 is 0 Å². The van der Waals surface area contributed by atoms with Crippen molar-refractivity contribution in [2.45, 2.75) is 19.8 Å². The summed E-state index contributed by atoms with van der Waals surface area (Å²) in [5.41, 5.74) is 2.28. The van der Waals surface area contributed by atoms with E-state index in [1.54, 1.807) is 43.5 Å². The lowest BCUT2D eigenvalue weighted by Gasteiger charge is -2.12. The van der Waals surface area contributed by atoms with E-state index in [4.69, 9.17) is 9.47 Å². The van der Waals surface area contributed by atoms with Crippen LogP contribution < -0.4 is 20.1 Å². The van der Waals surface area contributed by atoms with Gasteiger partial charge in [0.15, 0.2) is 6.61 Å². The molecule has 0 aliphatic heterocycles. The maximum atomic E-state index is 12.1. The minimum atomic E-state index is -0.274. The summed E-state index contributed by atoms with van der Waals surface area (Å²) in [5, 5.41) is 5.70. The molecule has 2 amide bonds. The van der Waals surface area contributed by atoms with Crippen molar-refractivity contribution in [1.82, 2.24) is 0 Å². The van der Waals surface area contributed by atoms with E-state index in [9.17, 15) is 9.59 Å². The second kappa shape index (κ2) is 7.91. The van der Waals surface area contributed by atoms with Crippen molar-refractivity contribution in [3.05, 3.63) is 48.0 Å². The number of hydrogen-bond acceptors (Lipinski definition) is 4. The van der Waals surface area contributed by atoms with Gasteiger partial charge in [-0.05, 0) is 61.7 Å². The minimum Gasteiger partial charge on any atom is -0.497 e. The van der Waals surface area contributed by atoms with Crippen LogP contribution in [0.5, 0.6) is 11.5 Å². The van der Waals surface area contributed by atoms with Crippen molar-refractivity contribution in [2.24, 2.45) is 5.92 Å². The molecule has 0 heterocycles. The number of anilines is 2. The van der Waals surface area contributed by atoms with E-state index >= 15 is 0 Å². The lowest BCUT2D eigenvalue weighted by atomic mass is 10.1. The second-order valence-electron chi connectivity index (χ2n) is 6.31. The van der Waals surface area contributed by atoms with Crippen molar-refractivity contribution in [3.63, 3.8) is 0 Å². The first-order chi connectivity index (χ1) is 12.5. The van der Waals surface area contributed by atoms with Crippen molar-refractivity contribution in [1.29, 1.82) is 0 Å². The molecule has 1 saturated carbocycles. The summed E-state index contributed by atoms with van der Waals surface area (Å²) in [7, 11) is 1.59. The van der Waals surface area contributed by atoms with Gasteiger partial charge in [0.2, 0.25) is 5.91 Å². The highest BCUT2D eigenvalue weighted by atomic mass is 16.5. The molecule has 2 N–H and O–H groups in total. The van der Waals surface area contributed by atoms with Gasteiger partial charge in [0.1, 0.15) is 11.5 Å². The number of ether oxygens (including phenoxy) is 2. The molecule has 0 aromatic heterocycles. The van der Waals surface area contributed by atoms with Gasteiger partial charge in [0.25, 0.3) is 5.91 Å². The predicted molar refractivity (Wildman–Crippen MR) is 99.7 cm³/mol. The molecular formula is C20H22N2O4. The Morgan fingerprint density at radius 1 is 1.04 bits per heavy atom. The molecule has 0 bridgehead atoms. The third-order valence-corrected chi connectivity index (χ3v) is 4.16. The van der Waals surface area contributed by atoms with Gasteiger partial charge in [-0.25, -0.2) is 0 Å². The SMILES string of the molecule is COc1ccc(OCC(=O)Nc2ccc(C)c(NC(=O)C3CC3)c2)cc1. The Balaban J connectivity index is 1.55. The van der Waals surface area contributed by atoms with Gasteiger partial charge in [0, 0.05) is 17.3 Å². The number of carbonyl (C=O) groups excluding carboxylic acids is 2. The van der Waals surface area contributed by atoms with Crippen LogP contribution in [0.1, 0.15) is 18.4 Å². The molecule has 1 aliphatic carbocycles. The van der Waals surface area contributed by atoms with Gasteiger partial charge in [-0.15, -0.1) is 0 Å². The Hall–Kier alpha value is -3.02. The summed E-state index contributed by atoms with van der Waals surface area (Å²) in [5.74, 6) is 1.21. The van der Waals surface area contributed by atoms with Crippen molar-refractivity contribution in [2.75, 3.05) is 24.4 Å². The van der Waals surface area contributed by atoms with Gasteiger partial charge in [-0.1, -0.05) is 6.07 Å². The molecule has 136 valence electrons. The number of aryl methyl sites for hydroxylation is 1. The normalized spacial score (nSPS) is 13.0. The molecule has 6 heteroatoms. The van der Waals surface area contributed by atoms with Gasteiger partial charge in [-0.2, -0.15) is 0 Å². The maximum absolute atomic E-state index is 12.1. The van der Waals surface area contributed by atoms with Crippen LogP contribution in [-0.4, -0.2) is 25.5 Å². The first-order valence-corrected chi connectivity index (χ1v) is 8.53. The highest BCUT2D eigenvalue weighted by molar-refractivity contribution is 5.96. The molecule has 0 unspecified atom stereocenters. The molecule has 0 spiro atoms. The standard InChI is InChI=1S/C20H22N2O4/c1-13-3-6-15(11-18(13)22-20(24)14-4-5-14)21-19(23)12-26-17-9-7-16(25-2)8-10-17/h3,6-11,14H,4-5,12H2,1-2H3,(H,21,23)(H,22,24). The molecular weight excluding hydrogens is 332 g/mol. The average molecular weight is 354 g/mol.